The van der Waals surface area contributed by atoms with Gasteiger partial charge in [-0.1, -0.05) is 38.0 Å². The molecule has 5 heterocycles. The molecular formula is C53H62N4O13. The number of carbonyl (C=O) groups excluding carboxylic acids is 1. The van der Waals surface area contributed by atoms with E-state index in [0.29, 0.717) is 82.4 Å². The second-order valence-electron chi connectivity index (χ2n) is 20.1. The van der Waals surface area contributed by atoms with E-state index in [0.717, 1.165) is 37.0 Å². The van der Waals surface area contributed by atoms with E-state index in [9.17, 15) is 45.3 Å². The highest BCUT2D eigenvalue weighted by Crippen LogP contribution is 2.54. The summed E-state index contributed by atoms with van der Waals surface area (Å²) in [5, 5.41) is 84.7. The summed E-state index contributed by atoms with van der Waals surface area (Å²) in [5.74, 6) is 0.0676. The maximum absolute atomic E-state index is 14.0. The highest BCUT2D eigenvalue weighted by molar-refractivity contribution is 5.97. The van der Waals surface area contributed by atoms with Crippen LogP contribution in [0.15, 0.2) is 92.4 Å². The maximum Gasteiger partial charge on any atom is 0.220 e. The van der Waals surface area contributed by atoms with Gasteiger partial charge in [-0.25, -0.2) is 9.78 Å². The fraction of sp³-hybridized carbons (Fsp3) is 0.491. The quantitative estimate of drug-likeness (QED) is 0.0437. The Labute approximate surface area is 404 Å². The molecule has 10 atom stereocenters. The maximum atomic E-state index is 14.0. The highest BCUT2D eigenvalue weighted by atomic mass is 17.2. The van der Waals surface area contributed by atoms with Crippen LogP contribution in [-0.4, -0.2) is 122 Å². The minimum Gasteiger partial charge on any atom is -0.508 e. The summed E-state index contributed by atoms with van der Waals surface area (Å²) >= 11 is 0. The van der Waals surface area contributed by atoms with Crippen LogP contribution in [0.1, 0.15) is 68.8 Å². The molecule has 1 saturated carbocycles. The predicted molar refractivity (Wildman–Crippen MR) is 259 cm³/mol. The van der Waals surface area contributed by atoms with Gasteiger partial charge in [0.15, 0.2) is 16.8 Å². The molecule has 4 aliphatic heterocycles. The molecule has 1 spiro atoms. The number of phenolic OH excluding ortho intramolecular Hbond substituents is 2. The van der Waals surface area contributed by atoms with E-state index < -0.39 is 55.3 Å². The van der Waals surface area contributed by atoms with Gasteiger partial charge < -0.3 is 60.4 Å². The SMILES string of the molecule is CCC1C2=CC=NC2=CN1c1c2c(cc3c(=O)cc(C)oc13)C[C@@H](OOC[C@@](O)(Cc1ccc(O)c3ccc(O)cc13)[C@@H](O)[C@H](O)[C@H](O)CO)[C@@]1(C[C@@H]([C@H]3CNC(=O)C3)C=C[C@H]1CNC1CCCC1)O2. The van der Waals surface area contributed by atoms with Crippen LogP contribution < -0.4 is 25.7 Å². The second-order valence-corrected chi connectivity index (χ2v) is 20.1. The predicted octanol–water partition coefficient (Wildman–Crippen LogP) is 4.02. The molecule has 3 aromatic carbocycles. The summed E-state index contributed by atoms with van der Waals surface area (Å²) in [6, 6.07) is 10.5. The highest BCUT2D eigenvalue weighted by Gasteiger charge is 2.57. The molecular weight excluding hydrogens is 901 g/mol. The third-order valence-corrected chi connectivity index (χ3v) is 15.6. The summed E-state index contributed by atoms with van der Waals surface area (Å²) in [5.41, 5.74) is -0.197. The Morgan fingerprint density at radius 2 is 1.84 bits per heavy atom. The van der Waals surface area contributed by atoms with Crippen molar-refractivity contribution < 1.29 is 59.5 Å². The Bertz CT molecular complexity index is 2850. The number of rotatable bonds is 16. The standard InChI is InChI=1S/C53H62N4O13/c1-3-41-37-14-15-54-40(37)25-57(41)47-49-31(17-39-43(61)16-28(2)68-50(39)47)18-45(53(69-49)22-29(32-19-46(63)56-23-32)8-10-33(53)24-55-34-6-4-5-7-34)70-67-27-52(66,51(65)48(64)44(62)26-58)21-30-9-13-42(60)36-12-11-35(59)20-38(30)36/h8-17,20,25,29,32-34,41,44-45,48,51,55,58-60,62,64-66H,3-7,18-19,21-24,26-27H2,1-2H3,(H,56,63)/t29-,32+,33-,41?,44+,45+,48+,51-,52-,53-/m0/s1. The number of aliphatic imine (C=N–C) groups is 1. The van der Waals surface area contributed by atoms with Gasteiger partial charge in [0.1, 0.15) is 65.2 Å². The van der Waals surface area contributed by atoms with Crippen molar-refractivity contribution in [3.8, 4) is 17.2 Å². The van der Waals surface area contributed by atoms with E-state index in [-0.39, 0.29) is 59.1 Å². The number of hydrogen-bond acceptors (Lipinski definition) is 16. The number of anilines is 1. The number of benzene rings is 3. The molecule has 17 heteroatoms. The molecule has 372 valence electrons. The van der Waals surface area contributed by atoms with Crippen LogP contribution in [0.3, 0.4) is 0 Å². The van der Waals surface area contributed by atoms with Gasteiger partial charge in [0, 0.05) is 79.3 Å². The van der Waals surface area contributed by atoms with Crippen LogP contribution in [0, 0.1) is 24.7 Å². The van der Waals surface area contributed by atoms with Crippen LogP contribution in [0.25, 0.3) is 21.7 Å². The van der Waals surface area contributed by atoms with Crippen LogP contribution in [0.4, 0.5) is 5.69 Å². The first kappa shape index (κ1) is 48.0. The van der Waals surface area contributed by atoms with Crippen molar-refractivity contribution in [2.45, 2.75) is 119 Å². The number of phenols is 2. The Hall–Kier alpha value is -5.63. The zero-order chi connectivity index (χ0) is 49.1. The molecule has 4 aromatic rings. The van der Waals surface area contributed by atoms with Crippen molar-refractivity contribution >= 4 is 39.6 Å². The molecule has 1 aromatic heterocycles. The van der Waals surface area contributed by atoms with Crippen LogP contribution in [-0.2, 0) is 27.4 Å². The lowest BCUT2D eigenvalue weighted by atomic mass is 9.66. The number of allylic oxidation sites excluding steroid dienone is 2. The van der Waals surface area contributed by atoms with Crippen LogP contribution in [0.5, 0.6) is 17.2 Å². The molecule has 17 nitrogen and oxygen atoms in total. The van der Waals surface area contributed by atoms with Crippen molar-refractivity contribution in [3.63, 3.8) is 0 Å². The van der Waals surface area contributed by atoms with Crippen LogP contribution >= 0.6 is 0 Å². The molecule has 10 rings (SSSR count). The molecule has 9 N–H and O–H groups in total. The molecule has 2 fully saturated rings. The monoisotopic (exact) mass is 962 g/mol. The summed E-state index contributed by atoms with van der Waals surface area (Å²) in [4.78, 5) is 46.2. The van der Waals surface area contributed by atoms with Crippen molar-refractivity contribution in [3.05, 3.63) is 105 Å². The Kier molecular flexibility index (Phi) is 13.2. The van der Waals surface area contributed by atoms with Gasteiger partial charge in [-0.3, -0.25) is 14.6 Å². The Morgan fingerprint density at radius 3 is 2.60 bits per heavy atom. The first-order chi connectivity index (χ1) is 33.7. The number of hydrogen-bond donors (Lipinski definition) is 9. The van der Waals surface area contributed by atoms with E-state index in [1.807, 2.05) is 12.3 Å². The van der Waals surface area contributed by atoms with Gasteiger partial charge in [0.25, 0.3) is 0 Å². The normalized spacial score (nSPS) is 27.3. The van der Waals surface area contributed by atoms with E-state index in [1.165, 1.54) is 36.4 Å². The third-order valence-electron chi connectivity index (χ3n) is 15.6. The largest absolute Gasteiger partial charge is 0.508 e. The molecule has 1 saturated heterocycles. The van der Waals surface area contributed by atoms with E-state index in [4.69, 9.17) is 18.9 Å². The molecule has 1 unspecified atom stereocenters. The zero-order valence-corrected chi connectivity index (χ0v) is 39.3. The summed E-state index contributed by atoms with van der Waals surface area (Å²) in [7, 11) is 0. The number of amides is 1. The molecule has 0 bridgehead atoms. The fourth-order valence-electron chi connectivity index (χ4n) is 11.8. The van der Waals surface area contributed by atoms with Gasteiger partial charge in [-0.05, 0) is 91.8 Å². The number of aliphatic hydroxyl groups is 5. The molecule has 0 radical (unpaired) electrons. The number of aryl methyl sites for hydroxylation is 1. The van der Waals surface area contributed by atoms with Gasteiger partial charge in [-0.15, -0.1) is 0 Å². The lowest BCUT2D eigenvalue weighted by Crippen LogP contribution is -2.62. The molecule has 2 aliphatic carbocycles. The minimum atomic E-state index is -2.44. The topological polar surface area (TPSA) is 256 Å². The van der Waals surface area contributed by atoms with E-state index >= 15 is 0 Å². The Balaban J connectivity index is 1.09. The zero-order valence-electron chi connectivity index (χ0n) is 39.3. The van der Waals surface area contributed by atoms with E-state index in [2.05, 4.69) is 39.6 Å². The van der Waals surface area contributed by atoms with Gasteiger partial charge in [0.05, 0.1) is 23.7 Å². The van der Waals surface area contributed by atoms with Crippen molar-refractivity contribution in [1.29, 1.82) is 0 Å². The number of aliphatic hydroxyl groups excluding tert-OH is 4. The number of nitrogens with one attached hydrogen (secondary N) is 2. The first-order valence-electron chi connectivity index (χ1n) is 24.5. The van der Waals surface area contributed by atoms with Gasteiger partial charge in [0.2, 0.25) is 5.91 Å². The summed E-state index contributed by atoms with van der Waals surface area (Å²) in [6.45, 7) is 3.06. The van der Waals surface area contributed by atoms with Crippen LogP contribution in [0.2, 0.25) is 0 Å². The summed E-state index contributed by atoms with van der Waals surface area (Å²) in [6.07, 6.45) is 8.39. The molecule has 1 amide bonds. The number of ether oxygens (including phenoxy) is 1. The second kappa shape index (κ2) is 19.2. The number of aromatic hydroxyl groups is 2. The number of carbonyl (C=O) groups is 1. The minimum absolute atomic E-state index is 0.0409. The summed E-state index contributed by atoms with van der Waals surface area (Å²) < 4.78 is 14.2. The smallest absolute Gasteiger partial charge is 0.220 e. The first-order valence-corrected chi connectivity index (χ1v) is 24.5. The average molecular weight is 963 g/mol. The fourth-order valence-corrected chi connectivity index (χ4v) is 11.8. The van der Waals surface area contributed by atoms with Gasteiger partial charge in [-0.2, -0.15) is 0 Å². The molecule has 6 aliphatic rings. The number of fused-ring (bicyclic) bond motifs is 4. The third kappa shape index (κ3) is 8.69. The van der Waals surface area contributed by atoms with Crippen molar-refractivity contribution in [2.24, 2.45) is 22.7 Å². The average Bonchev–Trinajstić information content (AvgIpc) is 4.18. The number of nitrogens with zero attached hydrogens (tertiary/aromatic N) is 2. The van der Waals surface area contributed by atoms with Crippen molar-refractivity contribution in [1.82, 2.24) is 10.6 Å². The lowest BCUT2D eigenvalue weighted by molar-refractivity contribution is -0.376. The lowest BCUT2D eigenvalue weighted by Gasteiger charge is -2.52. The van der Waals surface area contributed by atoms with E-state index in [1.54, 1.807) is 19.2 Å². The Morgan fingerprint density at radius 1 is 1.03 bits per heavy atom. The van der Waals surface area contributed by atoms with Crippen molar-refractivity contribution in [2.75, 3.05) is 31.2 Å². The molecule has 70 heavy (non-hydrogen) atoms. The van der Waals surface area contributed by atoms with Gasteiger partial charge >= 0.3 is 0 Å².